The summed E-state index contributed by atoms with van der Waals surface area (Å²) in [5.74, 6) is 0.461. The van der Waals surface area contributed by atoms with E-state index in [4.69, 9.17) is 9.78 Å². The number of hydrogen-bond donors (Lipinski definition) is 1. The third-order valence-corrected chi connectivity index (χ3v) is 4.49. The molecule has 0 unspecified atom stereocenters. The monoisotopic (exact) mass is 349 g/mol. The molecular weight excluding hydrogens is 334 g/mol. The number of para-hydroxylation sites is 1. The number of hydrogen-bond acceptors (Lipinski definition) is 5. The maximum Gasteiger partial charge on any atom is 0.294 e. The van der Waals surface area contributed by atoms with Gasteiger partial charge in [-0.15, -0.1) is 11.8 Å². The number of carbonyl (C=O) groups is 1. The highest BCUT2D eigenvalue weighted by Crippen LogP contribution is 2.28. The summed E-state index contributed by atoms with van der Waals surface area (Å²) in [7, 11) is 0. The van der Waals surface area contributed by atoms with Gasteiger partial charge in [0.15, 0.2) is 0 Å². The lowest BCUT2D eigenvalue weighted by molar-refractivity contribution is 0.0988. The molecule has 0 radical (unpaired) electrons. The van der Waals surface area contributed by atoms with Crippen LogP contribution in [0.25, 0.3) is 11.3 Å². The third kappa shape index (κ3) is 4.28. The van der Waals surface area contributed by atoms with E-state index in [9.17, 15) is 4.79 Å². The van der Waals surface area contributed by atoms with Gasteiger partial charge >= 0.3 is 0 Å². The number of benzene rings is 2. The highest BCUT2D eigenvalue weighted by molar-refractivity contribution is 7.99. The molecule has 0 bridgehead atoms. The van der Waals surface area contributed by atoms with Crippen LogP contribution < -0.4 is 5.32 Å². The molecule has 0 aliphatic heterocycles. The van der Waals surface area contributed by atoms with Crippen molar-refractivity contribution in [2.45, 2.75) is 11.3 Å². The Labute approximate surface area is 149 Å². The first-order valence-corrected chi connectivity index (χ1v) is 8.69. The van der Waals surface area contributed by atoms with E-state index in [1.165, 1.54) is 11.8 Å². The lowest BCUT2D eigenvalue weighted by atomic mass is 10.1. The molecule has 1 N–H and O–H groups in total. The van der Waals surface area contributed by atoms with Crippen LogP contribution in [0.15, 0.2) is 70.1 Å². The second kappa shape index (κ2) is 8.18. The van der Waals surface area contributed by atoms with Gasteiger partial charge in [0.1, 0.15) is 5.69 Å². The second-order valence-corrected chi connectivity index (χ2v) is 6.29. The van der Waals surface area contributed by atoms with Crippen LogP contribution in [0.5, 0.6) is 0 Å². The summed E-state index contributed by atoms with van der Waals surface area (Å²) in [6.45, 7) is 0. The van der Waals surface area contributed by atoms with Crippen molar-refractivity contribution in [1.29, 1.82) is 5.26 Å². The summed E-state index contributed by atoms with van der Waals surface area (Å²) in [6.07, 6.45) is 0.454. The van der Waals surface area contributed by atoms with Crippen molar-refractivity contribution in [3.63, 3.8) is 0 Å². The highest BCUT2D eigenvalue weighted by Gasteiger charge is 2.15. The minimum absolute atomic E-state index is 0.149. The van der Waals surface area contributed by atoms with Gasteiger partial charge in [-0.2, -0.15) is 5.26 Å². The number of thioether (sulfide) groups is 1. The maximum absolute atomic E-state index is 12.4. The first-order valence-electron chi connectivity index (χ1n) is 7.70. The molecule has 3 aromatic rings. The van der Waals surface area contributed by atoms with Crippen LogP contribution in [-0.2, 0) is 0 Å². The van der Waals surface area contributed by atoms with E-state index in [1.807, 2.05) is 54.6 Å². The molecule has 0 saturated heterocycles. The summed E-state index contributed by atoms with van der Waals surface area (Å²) in [4.78, 5) is 13.3. The second-order valence-electron chi connectivity index (χ2n) is 5.15. The fourth-order valence-corrected chi connectivity index (χ4v) is 3.08. The molecule has 0 fully saturated rings. The quantitative estimate of drug-likeness (QED) is 0.520. The predicted molar refractivity (Wildman–Crippen MR) is 97.3 cm³/mol. The van der Waals surface area contributed by atoms with Crippen molar-refractivity contribution >= 4 is 23.4 Å². The molecule has 124 valence electrons. The molecule has 0 spiro atoms. The smallest absolute Gasteiger partial charge is 0.294 e. The average molecular weight is 349 g/mol. The van der Waals surface area contributed by atoms with Crippen LogP contribution in [0.2, 0.25) is 0 Å². The molecule has 6 heteroatoms. The SMILES string of the molecule is N#CCCSc1ccccc1NC(=O)c1cc(-c2ccccc2)no1. The minimum atomic E-state index is -0.358. The highest BCUT2D eigenvalue weighted by atomic mass is 32.2. The molecule has 0 saturated carbocycles. The lowest BCUT2D eigenvalue weighted by Gasteiger charge is -2.08. The fraction of sp³-hybridized carbons (Fsp3) is 0.105. The van der Waals surface area contributed by atoms with Crippen molar-refractivity contribution < 1.29 is 9.32 Å². The van der Waals surface area contributed by atoms with Gasteiger partial charge in [-0.1, -0.05) is 47.6 Å². The van der Waals surface area contributed by atoms with Gasteiger partial charge in [-0.3, -0.25) is 4.79 Å². The summed E-state index contributed by atoms with van der Waals surface area (Å²) in [5.41, 5.74) is 2.19. The van der Waals surface area contributed by atoms with Crippen LogP contribution in [0.4, 0.5) is 5.69 Å². The number of anilines is 1. The summed E-state index contributed by atoms with van der Waals surface area (Å²) >= 11 is 1.53. The summed E-state index contributed by atoms with van der Waals surface area (Å²) in [6, 6.07) is 20.7. The molecule has 0 atom stereocenters. The molecule has 0 aliphatic carbocycles. The molecular formula is C19H15N3O2S. The Bertz CT molecular complexity index is 900. The number of nitriles is 1. The molecule has 25 heavy (non-hydrogen) atoms. The first kappa shape index (κ1) is 16.8. The molecule has 5 nitrogen and oxygen atoms in total. The van der Waals surface area contributed by atoms with Crippen molar-refractivity contribution in [2.24, 2.45) is 0 Å². The number of amides is 1. The Morgan fingerprint density at radius 3 is 2.72 bits per heavy atom. The van der Waals surface area contributed by atoms with E-state index in [1.54, 1.807) is 6.07 Å². The molecule has 1 amide bonds. The molecule has 0 aliphatic rings. The van der Waals surface area contributed by atoms with Gasteiger partial charge in [-0.05, 0) is 12.1 Å². The number of rotatable bonds is 6. The Morgan fingerprint density at radius 1 is 1.16 bits per heavy atom. The molecule has 2 aromatic carbocycles. The van der Waals surface area contributed by atoms with Crippen molar-refractivity contribution in [1.82, 2.24) is 5.16 Å². The van der Waals surface area contributed by atoms with Gasteiger partial charge < -0.3 is 9.84 Å². The summed E-state index contributed by atoms with van der Waals surface area (Å²) in [5, 5.41) is 15.4. The predicted octanol–water partition coefficient (Wildman–Crippen LogP) is 4.60. The van der Waals surface area contributed by atoms with Gasteiger partial charge in [0.2, 0.25) is 5.76 Å². The van der Waals surface area contributed by atoms with Crippen LogP contribution in [0, 0.1) is 11.3 Å². The Kier molecular flexibility index (Phi) is 5.50. The van der Waals surface area contributed by atoms with Gasteiger partial charge in [0, 0.05) is 28.7 Å². The van der Waals surface area contributed by atoms with Crippen LogP contribution in [0.3, 0.4) is 0 Å². The standard InChI is InChI=1S/C19H15N3O2S/c20-11-6-12-25-18-10-5-4-9-15(18)21-19(23)17-13-16(22-24-17)14-7-2-1-3-8-14/h1-5,7-10,13H,6,12H2,(H,21,23). The minimum Gasteiger partial charge on any atom is -0.350 e. The zero-order valence-electron chi connectivity index (χ0n) is 13.3. The third-order valence-electron chi connectivity index (χ3n) is 3.41. The van der Waals surface area contributed by atoms with Crippen molar-refractivity contribution in [2.75, 3.05) is 11.1 Å². The Balaban J connectivity index is 1.73. The largest absolute Gasteiger partial charge is 0.350 e. The van der Waals surface area contributed by atoms with E-state index < -0.39 is 0 Å². The van der Waals surface area contributed by atoms with E-state index in [2.05, 4.69) is 16.5 Å². The van der Waals surface area contributed by atoms with Crippen LogP contribution in [0.1, 0.15) is 17.0 Å². The fourth-order valence-electron chi connectivity index (χ4n) is 2.21. The topological polar surface area (TPSA) is 78.9 Å². The lowest BCUT2D eigenvalue weighted by Crippen LogP contribution is -2.11. The Hall–Kier alpha value is -3.04. The van der Waals surface area contributed by atoms with E-state index in [0.29, 0.717) is 23.6 Å². The van der Waals surface area contributed by atoms with Crippen LogP contribution >= 0.6 is 11.8 Å². The van der Waals surface area contributed by atoms with Gasteiger partial charge in [0.05, 0.1) is 11.8 Å². The van der Waals surface area contributed by atoms with E-state index >= 15 is 0 Å². The maximum atomic E-state index is 12.4. The number of carbonyl (C=O) groups excluding carboxylic acids is 1. The van der Waals surface area contributed by atoms with Crippen molar-refractivity contribution in [3.05, 3.63) is 66.4 Å². The average Bonchev–Trinajstić information content (AvgIpc) is 3.14. The number of nitrogens with zero attached hydrogens (tertiary/aromatic N) is 2. The van der Waals surface area contributed by atoms with Gasteiger partial charge in [-0.25, -0.2) is 0 Å². The van der Waals surface area contributed by atoms with E-state index in [-0.39, 0.29) is 11.7 Å². The van der Waals surface area contributed by atoms with Crippen molar-refractivity contribution in [3.8, 4) is 17.3 Å². The first-order chi connectivity index (χ1) is 12.3. The van der Waals surface area contributed by atoms with Gasteiger partial charge in [0.25, 0.3) is 5.91 Å². The molecule has 3 rings (SSSR count). The normalized spacial score (nSPS) is 10.2. The van der Waals surface area contributed by atoms with E-state index in [0.717, 1.165) is 10.5 Å². The number of aromatic nitrogens is 1. The zero-order valence-corrected chi connectivity index (χ0v) is 14.1. The molecule has 1 aromatic heterocycles. The van der Waals surface area contributed by atoms with Crippen LogP contribution in [-0.4, -0.2) is 16.8 Å². The Morgan fingerprint density at radius 2 is 1.92 bits per heavy atom. The molecule has 1 heterocycles. The summed E-state index contributed by atoms with van der Waals surface area (Å²) < 4.78 is 5.18. The number of nitrogens with one attached hydrogen (secondary N) is 1. The zero-order chi connectivity index (χ0) is 17.5.